The van der Waals surface area contributed by atoms with E-state index in [9.17, 15) is 17.2 Å². The highest BCUT2D eigenvalue weighted by molar-refractivity contribution is 7.85. The van der Waals surface area contributed by atoms with Gasteiger partial charge in [0.1, 0.15) is 17.4 Å². The third kappa shape index (κ3) is 3.86. The second-order valence-electron chi connectivity index (χ2n) is 3.26. The van der Waals surface area contributed by atoms with Crippen molar-refractivity contribution in [1.82, 2.24) is 0 Å². The van der Waals surface area contributed by atoms with Crippen LogP contribution in [0, 0.1) is 11.6 Å². The summed E-state index contributed by atoms with van der Waals surface area (Å²) in [6.07, 6.45) is 0.547. The van der Waals surface area contributed by atoms with Gasteiger partial charge in [-0.2, -0.15) is 8.42 Å². The molecule has 0 aliphatic carbocycles. The maximum absolute atomic E-state index is 13.1. The number of benzene rings is 1. The fourth-order valence-corrected chi connectivity index (χ4v) is 2.20. The molecule has 0 heterocycles. The Morgan fingerprint density at radius 3 is 2.56 bits per heavy atom. The van der Waals surface area contributed by atoms with E-state index >= 15 is 0 Å². The van der Waals surface area contributed by atoms with Gasteiger partial charge in [-0.3, -0.25) is 4.18 Å². The van der Waals surface area contributed by atoms with Crippen molar-refractivity contribution >= 4 is 10.1 Å². The van der Waals surface area contributed by atoms with Crippen molar-refractivity contribution < 1.29 is 21.4 Å². The molecule has 0 atom stereocenters. The van der Waals surface area contributed by atoms with Gasteiger partial charge in [0.15, 0.2) is 0 Å². The van der Waals surface area contributed by atoms with Crippen LogP contribution in [0.25, 0.3) is 0 Å². The molecule has 0 radical (unpaired) electrons. The summed E-state index contributed by atoms with van der Waals surface area (Å²) < 4.78 is 52.9. The summed E-state index contributed by atoms with van der Waals surface area (Å²) in [5.41, 5.74) is -0.0995. The average molecular weight is 250 g/mol. The first-order valence-corrected chi connectivity index (χ1v) is 6.33. The topological polar surface area (TPSA) is 43.4 Å². The summed E-state index contributed by atoms with van der Waals surface area (Å²) in [6, 6.07) is 2.75. The van der Waals surface area contributed by atoms with Crippen molar-refractivity contribution in [1.29, 1.82) is 0 Å². The predicted octanol–water partition coefficient (Wildman–Crippen LogP) is 2.22. The molecule has 0 spiro atoms. The first-order chi connectivity index (χ1) is 7.44. The summed E-state index contributed by atoms with van der Waals surface area (Å²) in [6.45, 7) is 1.82. The third-order valence-electron chi connectivity index (χ3n) is 1.81. The zero-order chi connectivity index (χ0) is 12.2. The molecule has 6 heteroatoms. The van der Waals surface area contributed by atoms with Gasteiger partial charge in [0.05, 0.1) is 6.61 Å². The molecule has 0 bridgehead atoms. The molecular weight excluding hydrogens is 238 g/mol. The molecule has 0 saturated carbocycles. The highest BCUT2D eigenvalue weighted by atomic mass is 32.2. The third-order valence-corrected chi connectivity index (χ3v) is 3.00. The minimum atomic E-state index is -3.79. The van der Waals surface area contributed by atoms with Crippen LogP contribution in [0.5, 0.6) is 0 Å². The second kappa shape index (κ2) is 5.36. The maximum atomic E-state index is 13.1. The quantitative estimate of drug-likeness (QED) is 0.752. The maximum Gasteiger partial charge on any atom is 0.271 e. The fraction of sp³-hybridized carbons (Fsp3) is 0.400. The largest absolute Gasteiger partial charge is 0.271 e. The van der Waals surface area contributed by atoms with Crippen LogP contribution in [0.4, 0.5) is 8.78 Å². The Hall–Kier alpha value is -1.01. The van der Waals surface area contributed by atoms with Gasteiger partial charge in [-0.05, 0) is 12.5 Å². The molecule has 1 aromatic carbocycles. The van der Waals surface area contributed by atoms with Crippen LogP contribution >= 0.6 is 0 Å². The summed E-state index contributed by atoms with van der Waals surface area (Å²) in [7, 11) is -3.79. The highest BCUT2D eigenvalue weighted by Crippen LogP contribution is 2.13. The van der Waals surface area contributed by atoms with Gasteiger partial charge in [0, 0.05) is 11.6 Å². The van der Waals surface area contributed by atoms with E-state index in [-0.39, 0.29) is 12.2 Å². The van der Waals surface area contributed by atoms with Gasteiger partial charge in [-0.25, -0.2) is 8.78 Å². The lowest BCUT2D eigenvalue weighted by Crippen LogP contribution is -2.10. The van der Waals surface area contributed by atoms with Gasteiger partial charge >= 0.3 is 0 Å². The SMILES string of the molecule is CCCOS(=O)(=O)Cc1ccc(F)cc1F. The lowest BCUT2D eigenvalue weighted by molar-refractivity contribution is 0.317. The standard InChI is InChI=1S/C10H12F2O3S/c1-2-5-15-16(13,14)7-8-3-4-9(11)6-10(8)12/h3-4,6H,2,5,7H2,1H3. The number of rotatable bonds is 5. The Labute approximate surface area is 93.2 Å². The minimum Gasteiger partial charge on any atom is -0.270 e. The molecule has 0 aliphatic heterocycles. The second-order valence-corrected chi connectivity index (χ2v) is 4.90. The summed E-state index contributed by atoms with van der Waals surface area (Å²) in [5, 5.41) is 0. The first kappa shape index (κ1) is 13.1. The van der Waals surface area contributed by atoms with Crippen LogP contribution in [0.2, 0.25) is 0 Å². The van der Waals surface area contributed by atoms with Gasteiger partial charge in [-0.1, -0.05) is 13.0 Å². The Morgan fingerprint density at radius 1 is 1.31 bits per heavy atom. The molecular formula is C10H12F2O3S. The van der Waals surface area contributed by atoms with E-state index in [0.717, 1.165) is 12.1 Å². The Kier molecular flexibility index (Phi) is 4.37. The molecule has 3 nitrogen and oxygen atoms in total. The van der Waals surface area contributed by atoms with Crippen molar-refractivity contribution in [3.63, 3.8) is 0 Å². The number of hydrogen-bond acceptors (Lipinski definition) is 3. The lowest BCUT2D eigenvalue weighted by Gasteiger charge is -2.05. The van der Waals surface area contributed by atoms with Crippen molar-refractivity contribution in [3.05, 3.63) is 35.4 Å². The van der Waals surface area contributed by atoms with E-state index in [1.165, 1.54) is 0 Å². The summed E-state index contributed by atoms with van der Waals surface area (Å²) in [4.78, 5) is 0. The lowest BCUT2D eigenvalue weighted by atomic mass is 10.2. The van der Waals surface area contributed by atoms with Gasteiger partial charge in [-0.15, -0.1) is 0 Å². The fourth-order valence-electron chi connectivity index (χ4n) is 1.08. The first-order valence-electron chi connectivity index (χ1n) is 4.75. The Morgan fingerprint density at radius 2 is 2.00 bits per heavy atom. The minimum absolute atomic E-state index is 0.0607. The van der Waals surface area contributed by atoms with Crippen LogP contribution in [-0.4, -0.2) is 15.0 Å². The van der Waals surface area contributed by atoms with Crippen molar-refractivity contribution in [2.24, 2.45) is 0 Å². The normalized spacial score (nSPS) is 11.7. The molecule has 1 aromatic rings. The molecule has 0 unspecified atom stereocenters. The van der Waals surface area contributed by atoms with Gasteiger partial charge in [0.25, 0.3) is 10.1 Å². The molecule has 16 heavy (non-hydrogen) atoms. The predicted molar refractivity (Wildman–Crippen MR) is 55.2 cm³/mol. The zero-order valence-electron chi connectivity index (χ0n) is 8.74. The monoisotopic (exact) mass is 250 g/mol. The highest BCUT2D eigenvalue weighted by Gasteiger charge is 2.15. The van der Waals surface area contributed by atoms with Crippen LogP contribution in [0.3, 0.4) is 0 Å². The van der Waals surface area contributed by atoms with E-state index in [4.69, 9.17) is 0 Å². The Balaban J connectivity index is 2.80. The molecule has 0 N–H and O–H groups in total. The summed E-state index contributed by atoms with van der Waals surface area (Å²) in [5.74, 6) is -2.21. The molecule has 0 amide bonds. The number of halogens is 2. The van der Waals surface area contributed by atoms with E-state index in [1.807, 2.05) is 0 Å². The van der Waals surface area contributed by atoms with E-state index in [0.29, 0.717) is 12.5 Å². The van der Waals surface area contributed by atoms with E-state index < -0.39 is 27.5 Å². The van der Waals surface area contributed by atoms with Gasteiger partial charge in [0.2, 0.25) is 0 Å². The van der Waals surface area contributed by atoms with Gasteiger partial charge < -0.3 is 0 Å². The Bertz CT molecular complexity index is 457. The smallest absolute Gasteiger partial charge is 0.270 e. The molecule has 0 aromatic heterocycles. The van der Waals surface area contributed by atoms with E-state index in [1.54, 1.807) is 6.92 Å². The molecule has 90 valence electrons. The van der Waals surface area contributed by atoms with Crippen molar-refractivity contribution in [2.45, 2.75) is 19.1 Å². The van der Waals surface area contributed by atoms with Crippen molar-refractivity contribution in [2.75, 3.05) is 6.61 Å². The van der Waals surface area contributed by atoms with Crippen LogP contribution in [-0.2, 0) is 20.1 Å². The molecule has 0 saturated heterocycles. The van der Waals surface area contributed by atoms with Crippen molar-refractivity contribution in [3.8, 4) is 0 Å². The van der Waals surface area contributed by atoms with Crippen LogP contribution in [0.15, 0.2) is 18.2 Å². The average Bonchev–Trinajstić information content (AvgIpc) is 2.19. The van der Waals surface area contributed by atoms with Crippen LogP contribution < -0.4 is 0 Å². The van der Waals surface area contributed by atoms with Crippen LogP contribution in [0.1, 0.15) is 18.9 Å². The molecule has 0 aliphatic rings. The van der Waals surface area contributed by atoms with E-state index in [2.05, 4.69) is 4.18 Å². The molecule has 1 rings (SSSR count). The summed E-state index contributed by atoms with van der Waals surface area (Å²) >= 11 is 0. The number of hydrogen-bond donors (Lipinski definition) is 0. The molecule has 0 fully saturated rings. The zero-order valence-corrected chi connectivity index (χ0v) is 9.56.